The largest absolute Gasteiger partial charge is 0.466 e. The van der Waals surface area contributed by atoms with Crippen molar-refractivity contribution in [2.75, 3.05) is 63.7 Å². The van der Waals surface area contributed by atoms with Gasteiger partial charge < -0.3 is 28.7 Å². The summed E-state index contributed by atoms with van der Waals surface area (Å²) in [6, 6.07) is 5.89. The van der Waals surface area contributed by atoms with E-state index in [1.54, 1.807) is 4.90 Å². The molecule has 0 atom stereocenters. The molecule has 0 aromatic heterocycles. The van der Waals surface area contributed by atoms with Gasteiger partial charge in [-0.05, 0) is 30.7 Å². The fourth-order valence-corrected chi connectivity index (χ4v) is 3.31. The summed E-state index contributed by atoms with van der Waals surface area (Å²) >= 11 is 0. The number of anilines is 2. The highest BCUT2D eigenvalue weighted by atomic mass is 16.5. The van der Waals surface area contributed by atoms with Crippen LogP contribution in [-0.4, -0.2) is 65.8 Å². The molecule has 2 heterocycles. The number of methoxy groups -OCH3 is 2. The molecule has 0 unspecified atom stereocenters. The molecular weight excluding hydrogens is 352 g/mol. The Hall–Kier alpha value is -2.58. The van der Waals surface area contributed by atoms with E-state index in [9.17, 15) is 9.59 Å². The van der Waals surface area contributed by atoms with Gasteiger partial charge in [-0.3, -0.25) is 0 Å². The Balaban J connectivity index is 1.97. The van der Waals surface area contributed by atoms with Gasteiger partial charge in [-0.25, -0.2) is 9.59 Å². The van der Waals surface area contributed by atoms with Crippen LogP contribution in [0.1, 0.15) is 5.56 Å². The zero-order valence-corrected chi connectivity index (χ0v) is 15.8. The highest BCUT2D eigenvalue weighted by Gasteiger charge is 2.32. The molecule has 0 saturated carbocycles. The maximum atomic E-state index is 12.4. The smallest absolute Gasteiger partial charge is 0.355 e. The predicted octanol–water partition coefficient (Wildman–Crippen LogP) is 1.23. The first-order valence-corrected chi connectivity index (χ1v) is 8.75. The number of rotatable bonds is 4. The topological polar surface area (TPSA) is 77.5 Å². The van der Waals surface area contributed by atoms with E-state index in [2.05, 4.69) is 4.90 Å². The normalized spacial score (nSPS) is 17.7. The molecular formula is C19H24N2O6. The molecule has 2 aliphatic heterocycles. The van der Waals surface area contributed by atoms with E-state index in [4.69, 9.17) is 18.9 Å². The van der Waals surface area contributed by atoms with Crippen molar-refractivity contribution < 1.29 is 28.5 Å². The Morgan fingerprint density at radius 2 is 1.74 bits per heavy atom. The van der Waals surface area contributed by atoms with E-state index in [-0.39, 0.29) is 24.6 Å². The van der Waals surface area contributed by atoms with Crippen LogP contribution >= 0.6 is 0 Å². The quantitative estimate of drug-likeness (QED) is 0.726. The summed E-state index contributed by atoms with van der Waals surface area (Å²) in [7, 11) is 2.55. The lowest BCUT2D eigenvalue weighted by Gasteiger charge is -2.33. The van der Waals surface area contributed by atoms with Gasteiger partial charge in [-0.2, -0.15) is 0 Å². The Labute approximate surface area is 158 Å². The number of morpholine rings is 1. The average Bonchev–Trinajstić information content (AvgIpc) is 2.72. The van der Waals surface area contributed by atoms with Crippen LogP contribution in [0.15, 0.2) is 29.5 Å². The maximum Gasteiger partial charge on any atom is 0.355 e. The number of ether oxygens (including phenoxy) is 4. The first-order chi connectivity index (χ1) is 13.1. The Kier molecular flexibility index (Phi) is 5.98. The number of carbonyl (C=O) groups excluding carboxylic acids is 2. The summed E-state index contributed by atoms with van der Waals surface area (Å²) in [5.74, 6) is -1.21. The van der Waals surface area contributed by atoms with E-state index in [1.807, 2.05) is 25.1 Å². The van der Waals surface area contributed by atoms with Gasteiger partial charge in [0, 0.05) is 24.5 Å². The van der Waals surface area contributed by atoms with Crippen LogP contribution in [0.5, 0.6) is 0 Å². The minimum absolute atomic E-state index is 0.00154. The van der Waals surface area contributed by atoms with E-state index in [1.165, 1.54) is 14.2 Å². The highest BCUT2D eigenvalue weighted by Crippen LogP contribution is 2.31. The lowest BCUT2D eigenvalue weighted by molar-refractivity contribution is -0.140. The van der Waals surface area contributed by atoms with Gasteiger partial charge in [0.15, 0.2) is 0 Å². The fraction of sp³-hybridized carbons (Fsp3) is 0.474. The molecule has 0 bridgehead atoms. The van der Waals surface area contributed by atoms with E-state index in [0.29, 0.717) is 13.2 Å². The third kappa shape index (κ3) is 3.91. The van der Waals surface area contributed by atoms with Crippen LogP contribution in [0.25, 0.3) is 0 Å². The lowest BCUT2D eigenvalue weighted by atomic mass is 10.1. The van der Waals surface area contributed by atoms with Crippen molar-refractivity contribution in [2.24, 2.45) is 0 Å². The Morgan fingerprint density at radius 1 is 1.04 bits per heavy atom. The van der Waals surface area contributed by atoms with Crippen LogP contribution in [0, 0.1) is 6.92 Å². The average molecular weight is 376 g/mol. The number of hydrogen-bond donors (Lipinski definition) is 0. The van der Waals surface area contributed by atoms with Crippen LogP contribution in [0.3, 0.4) is 0 Å². The van der Waals surface area contributed by atoms with Gasteiger partial charge in [0.05, 0.1) is 39.6 Å². The molecule has 1 fully saturated rings. The van der Waals surface area contributed by atoms with Crippen molar-refractivity contribution in [1.29, 1.82) is 0 Å². The van der Waals surface area contributed by atoms with Crippen LogP contribution < -0.4 is 9.80 Å². The van der Waals surface area contributed by atoms with E-state index in [0.717, 1.165) is 30.0 Å². The molecule has 0 radical (unpaired) electrons. The maximum absolute atomic E-state index is 12.4. The number of carbonyl (C=O) groups is 2. The van der Waals surface area contributed by atoms with Crippen LogP contribution in [-0.2, 0) is 28.5 Å². The highest BCUT2D eigenvalue weighted by molar-refractivity contribution is 6.03. The van der Waals surface area contributed by atoms with Gasteiger partial charge in [0.25, 0.3) is 0 Å². The molecule has 3 rings (SSSR count). The first kappa shape index (κ1) is 19.2. The van der Waals surface area contributed by atoms with Crippen molar-refractivity contribution >= 4 is 23.3 Å². The molecule has 8 nitrogen and oxygen atoms in total. The zero-order chi connectivity index (χ0) is 19.4. The minimum Gasteiger partial charge on any atom is -0.466 e. The van der Waals surface area contributed by atoms with Crippen molar-refractivity contribution in [3.05, 3.63) is 35.0 Å². The molecule has 146 valence electrons. The third-order valence-corrected chi connectivity index (χ3v) is 4.68. The molecule has 1 saturated heterocycles. The van der Waals surface area contributed by atoms with Gasteiger partial charge in [-0.1, -0.05) is 0 Å². The minimum atomic E-state index is -0.609. The van der Waals surface area contributed by atoms with Crippen molar-refractivity contribution in [2.45, 2.75) is 6.92 Å². The molecule has 27 heavy (non-hydrogen) atoms. The summed E-state index contributed by atoms with van der Waals surface area (Å²) in [5, 5.41) is 0. The van der Waals surface area contributed by atoms with Gasteiger partial charge in [0.2, 0.25) is 0 Å². The summed E-state index contributed by atoms with van der Waals surface area (Å²) < 4.78 is 20.6. The van der Waals surface area contributed by atoms with Gasteiger partial charge >= 0.3 is 11.9 Å². The van der Waals surface area contributed by atoms with Crippen molar-refractivity contribution in [1.82, 2.24) is 0 Å². The molecule has 0 amide bonds. The second kappa shape index (κ2) is 8.41. The molecule has 0 aliphatic carbocycles. The lowest BCUT2D eigenvalue weighted by Crippen LogP contribution is -2.39. The number of benzene rings is 1. The Morgan fingerprint density at radius 3 is 2.37 bits per heavy atom. The van der Waals surface area contributed by atoms with Crippen LogP contribution in [0.2, 0.25) is 0 Å². The Bertz CT molecular complexity index is 755. The first-order valence-electron chi connectivity index (χ1n) is 8.75. The SMILES string of the molecule is COC(=O)C1=C(C(=O)OC)N(c2ccc(N3CCOCC3)c(C)c2)COC1. The summed E-state index contributed by atoms with van der Waals surface area (Å²) in [6.07, 6.45) is 0. The number of nitrogens with zero attached hydrogens (tertiary/aromatic N) is 2. The van der Waals surface area contributed by atoms with Crippen molar-refractivity contribution in [3.63, 3.8) is 0 Å². The summed E-state index contributed by atoms with van der Waals surface area (Å²) in [6.45, 7) is 5.25. The summed E-state index contributed by atoms with van der Waals surface area (Å²) in [4.78, 5) is 28.4. The monoisotopic (exact) mass is 376 g/mol. The number of hydrogen-bond acceptors (Lipinski definition) is 8. The molecule has 0 N–H and O–H groups in total. The molecule has 1 aromatic rings. The molecule has 8 heteroatoms. The summed E-state index contributed by atoms with van der Waals surface area (Å²) in [5.41, 5.74) is 3.21. The third-order valence-electron chi connectivity index (χ3n) is 4.68. The standard InChI is InChI=1S/C19H24N2O6/c1-13-10-14(4-5-16(13)20-6-8-26-9-7-20)21-12-27-11-15(18(22)24-2)17(21)19(23)25-3/h4-5,10H,6-9,11-12H2,1-3H3. The van der Waals surface area contributed by atoms with E-state index < -0.39 is 11.9 Å². The second-order valence-electron chi connectivity index (χ2n) is 6.29. The van der Waals surface area contributed by atoms with E-state index >= 15 is 0 Å². The van der Waals surface area contributed by atoms with Crippen LogP contribution in [0.4, 0.5) is 11.4 Å². The van der Waals surface area contributed by atoms with Crippen molar-refractivity contribution in [3.8, 4) is 0 Å². The predicted molar refractivity (Wildman–Crippen MR) is 98.6 cm³/mol. The number of aryl methyl sites for hydroxylation is 1. The second-order valence-corrected chi connectivity index (χ2v) is 6.29. The molecule has 2 aliphatic rings. The molecule has 1 aromatic carbocycles. The fourth-order valence-electron chi connectivity index (χ4n) is 3.31. The molecule has 0 spiro atoms. The van der Waals surface area contributed by atoms with Gasteiger partial charge in [0.1, 0.15) is 12.4 Å². The van der Waals surface area contributed by atoms with Gasteiger partial charge in [-0.15, -0.1) is 0 Å². The zero-order valence-electron chi connectivity index (χ0n) is 15.8. The number of esters is 2.